The molecule has 5 atom stereocenters. The van der Waals surface area contributed by atoms with Crippen LogP contribution in [0.1, 0.15) is 41.6 Å². The van der Waals surface area contributed by atoms with Crippen LogP contribution in [0, 0.1) is 5.92 Å². The van der Waals surface area contributed by atoms with E-state index < -0.39 is 20.0 Å². The Kier molecular flexibility index (Phi) is 8.57. The van der Waals surface area contributed by atoms with Crippen LogP contribution < -0.4 is 10.5 Å². The average molecular weight is 715 g/mol. The summed E-state index contributed by atoms with van der Waals surface area (Å²) >= 11 is 0. The van der Waals surface area contributed by atoms with Crippen LogP contribution in [0.2, 0.25) is 18.6 Å². The molecule has 1 spiro atoms. The van der Waals surface area contributed by atoms with Gasteiger partial charge in [-0.2, -0.15) is 0 Å². The monoisotopic (exact) mass is 714 g/mol. The van der Waals surface area contributed by atoms with Crippen LogP contribution in [0.3, 0.4) is 0 Å². The van der Waals surface area contributed by atoms with Crippen molar-refractivity contribution in [3.63, 3.8) is 0 Å². The number of H-pyrrole nitrogens is 1. The van der Waals surface area contributed by atoms with Crippen LogP contribution in [0.15, 0.2) is 114 Å². The molecule has 8 rings (SSSR count). The number of hydrogen-bond acceptors (Lipinski definition) is 7. The zero-order valence-corrected chi connectivity index (χ0v) is 30.4. The maximum atomic E-state index is 15.0. The van der Waals surface area contributed by atoms with E-state index >= 15 is 4.79 Å². The Labute approximate surface area is 302 Å². The molecule has 12 heteroatoms. The van der Waals surface area contributed by atoms with Crippen molar-refractivity contribution >= 4 is 30.8 Å². The quantitative estimate of drug-likeness (QED) is 0.160. The minimum atomic E-state index is -2.94. The van der Waals surface area contributed by atoms with Crippen LogP contribution in [-0.4, -0.2) is 61.6 Å². The fourth-order valence-corrected chi connectivity index (χ4v) is 11.1. The molecule has 1 fully saturated rings. The third-order valence-electron chi connectivity index (χ3n) is 10.9. The number of aromatic amines is 1. The number of nitrogens with one attached hydrogen (secondary N) is 1. The summed E-state index contributed by atoms with van der Waals surface area (Å²) < 4.78 is 10.4. The number of aryl methyl sites for hydroxylation is 1. The molecule has 52 heavy (non-hydrogen) atoms. The predicted octanol–water partition coefficient (Wildman–Crippen LogP) is 5.47. The lowest BCUT2D eigenvalue weighted by atomic mass is 9.82. The van der Waals surface area contributed by atoms with E-state index in [1.807, 2.05) is 123 Å². The third kappa shape index (κ3) is 5.62. The number of rotatable bonds is 10. The first-order valence-electron chi connectivity index (χ1n) is 17.8. The molecule has 1 amide bonds. The molecule has 2 aliphatic heterocycles. The van der Waals surface area contributed by atoms with Gasteiger partial charge in [-0.05, 0) is 61.0 Å². The van der Waals surface area contributed by atoms with Crippen molar-refractivity contribution in [2.24, 2.45) is 5.92 Å². The first-order chi connectivity index (χ1) is 25.1. The molecule has 1 saturated heterocycles. The van der Waals surface area contributed by atoms with Gasteiger partial charge in [0.05, 0.1) is 53.1 Å². The van der Waals surface area contributed by atoms with E-state index in [4.69, 9.17) is 4.74 Å². The highest BCUT2D eigenvalue weighted by Crippen LogP contribution is 2.60. The molecule has 6 aromatic rings. The Hall–Kier alpha value is -5.14. The summed E-state index contributed by atoms with van der Waals surface area (Å²) in [6, 6.07) is 32.6. The average Bonchev–Trinajstić information content (AvgIpc) is 3.89. The van der Waals surface area contributed by atoms with Crippen LogP contribution >= 0.6 is 0 Å². The van der Waals surface area contributed by atoms with Crippen molar-refractivity contribution in [2.45, 2.75) is 62.7 Å². The second kappa shape index (κ2) is 13.1. The van der Waals surface area contributed by atoms with E-state index in [9.17, 15) is 14.7 Å². The van der Waals surface area contributed by atoms with E-state index in [0.29, 0.717) is 47.4 Å². The Morgan fingerprint density at radius 3 is 2.38 bits per heavy atom. The van der Waals surface area contributed by atoms with Crippen molar-refractivity contribution in [2.75, 3.05) is 11.5 Å². The molecule has 2 aromatic heterocycles. The molecule has 4 aromatic carbocycles. The molecule has 2 aliphatic rings. The van der Waals surface area contributed by atoms with E-state index in [1.165, 1.54) is 4.68 Å². The second-order valence-electron chi connectivity index (χ2n) is 14.6. The van der Waals surface area contributed by atoms with Gasteiger partial charge in [-0.15, -0.1) is 5.10 Å². The largest absolute Gasteiger partial charge is 0.432 e. The number of hydrogen-bond donors (Lipinski definition) is 3. The van der Waals surface area contributed by atoms with Crippen LogP contribution in [0.5, 0.6) is 0 Å². The molecule has 11 nitrogen and oxygen atoms in total. The van der Waals surface area contributed by atoms with Gasteiger partial charge in [-0.1, -0.05) is 84.9 Å². The van der Waals surface area contributed by atoms with Gasteiger partial charge in [-0.25, -0.2) is 4.68 Å². The molecular formula is C40H42N6O5Si. The topological polar surface area (TPSA) is 138 Å². The SMILES string of the molecule is C[C@@H]1[C@@H]([Si](C)(C)O)[C@H](CCn2cc(C(CO)c3ccccc3)nn2)O[C@@]12C(=O)N(Cc1ccccc1)c1ccc(-n3[nH]c4ccccc4c3=O)cc12. The van der Waals surface area contributed by atoms with Crippen LogP contribution in [0.4, 0.5) is 5.69 Å². The first-order valence-corrected chi connectivity index (χ1v) is 20.8. The Bertz CT molecular complexity index is 2300. The van der Waals surface area contributed by atoms with Gasteiger partial charge in [0.2, 0.25) is 0 Å². The summed E-state index contributed by atoms with van der Waals surface area (Å²) in [5.41, 5.74) is 3.45. The smallest absolute Gasteiger partial charge is 0.279 e. The first kappa shape index (κ1) is 34.0. The summed E-state index contributed by atoms with van der Waals surface area (Å²) in [6.45, 7) is 6.52. The van der Waals surface area contributed by atoms with Gasteiger partial charge in [-0.3, -0.25) is 19.4 Å². The normalized spacial score (nSPS) is 22.1. The van der Waals surface area contributed by atoms with Gasteiger partial charge in [0.15, 0.2) is 13.9 Å². The minimum absolute atomic E-state index is 0.103. The van der Waals surface area contributed by atoms with E-state index in [-0.39, 0.29) is 35.5 Å². The number of amides is 1. The summed E-state index contributed by atoms with van der Waals surface area (Å²) in [6.07, 6.45) is 1.86. The van der Waals surface area contributed by atoms with E-state index in [0.717, 1.165) is 16.8 Å². The number of ether oxygens (including phenoxy) is 1. The lowest BCUT2D eigenvalue weighted by molar-refractivity contribution is -0.146. The van der Waals surface area contributed by atoms with Crippen molar-refractivity contribution in [3.05, 3.63) is 142 Å². The van der Waals surface area contributed by atoms with Gasteiger partial charge < -0.3 is 19.5 Å². The second-order valence-corrected chi connectivity index (χ2v) is 18.6. The number of aromatic nitrogens is 5. The summed E-state index contributed by atoms with van der Waals surface area (Å²) in [7, 11) is -2.94. The number of aliphatic hydroxyl groups excluding tert-OH is 1. The molecule has 0 saturated carbocycles. The van der Waals surface area contributed by atoms with E-state index in [2.05, 4.69) is 15.4 Å². The molecule has 0 radical (unpaired) electrons. The maximum Gasteiger partial charge on any atom is 0.279 e. The summed E-state index contributed by atoms with van der Waals surface area (Å²) in [5, 5.41) is 22.8. The maximum absolute atomic E-state index is 15.0. The Balaban J connectivity index is 1.17. The third-order valence-corrected chi connectivity index (χ3v) is 13.4. The molecule has 3 N–H and O–H groups in total. The lowest BCUT2D eigenvalue weighted by Crippen LogP contribution is -2.46. The number of anilines is 1. The number of aliphatic hydroxyl groups is 1. The van der Waals surface area contributed by atoms with Gasteiger partial charge >= 0.3 is 0 Å². The fraction of sp³-hybridized carbons (Fsp3) is 0.300. The van der Waals surface area contributed by atoms with Gasteiger partial charge in [0.25, 0.3) is 11.5 Å². The van der Waals surface area contributed by atoms with Gasteiger partial charge in [0.1, 0.15) is 0 Å². The molecule has 1 unspecified atom stereocenters. The highest BCUT2D eigenvalue weighted by molar-refractivity contribution is 6.71. The number of nitrogens with zero attached hydrogens (tertiary/aromatic N) is 5. The van der Waals surface area contributed by atoms with E-state index in [1.54, 1.807) is 15.6 Å². The predicted molar refractivity (Wildman–Crippen MR) is 201 cm³/mol. The zero-order chi connectivity index (χ0) is 36.2. The minimum Gasteiger partial charge on any atom is -0.432 e. The van der Waals surface area contributed by atoms with Crippen molar-refractivity contribution in [3.8, 4) is 5.69 Å². The van der Waals surface area contributed by atoms with Crippen LogP contribution in [-0.2, 0) is 28.2 Å². The number of fused-ring (bicyclic) bond motifs is 3. The van der Waals surface area contributed by atoms with Crippen molar-refractivity contribution in [1.82, 2.24) is 24.8 Å². The number of carbonyl (C=O) groups is 1. The highest BCUT2D eigenvalue weighted by atomic mass is 28.4. The number of carbonyl (C=O) groups excluding carboxylic acids is 1. The van der Waals surface area contributed by atoms with Crippen molar-refractivity contribution in [1.29, 1.82) is 0 Å². The highest BCUT2D eigenvalue weighted by Gasteiger charge is 2.66. The molecule has 0 aliphatic carbocycles. The van der Waals surface area contributed by atoms with Crippen molar-refractivity contribution < 1.29 is 19.4 Å². The Morgan fingerprint density at radius 2 is 1.67 bits per heavy atom. The molecule has 266 valence electrons. The van der Waals surface area contributed by atoms with Crippen LogP contribution in [0.25, 0.3) is 16.6 Å². The van der Waals surface area contributed by atoms with Gasteiger partial charge in [0, 0.05) is 29.8 Å². The lowest BCUT2D eigenvalue weighted by Gasteiger charge is -2.32. The molecule has 0 bridgehead atoms. The zero-order valence-electron chi connectivity index (χ0n) is 29.4. The number of benzene rings is 4. The fourth-order valence-electron chi connectivity index (χ4n) is 8.53. The molecule has 4 heterocycles. The number of para-hydroxylation sites is 1. The summed E-state index contributed by atoms with van der Waals surface area (Å²) in [5.74, 6) is -0.865. The standard InChI is InChI=1S/C40H42N6O5Si/c1-26-37(52(2,3)50)36(20-21-44-24-34(41-43-44)31(25-47)28-14-8-5-9-15-28)51-40(26)32-22-29(46-38(48)30-16-10-11-17-33(30)42-46)18-19-35(32)45(39(40)49)23-27-12-6-4-7-13-27/h4-19,22,24,26,31,36-37,42,47,50H,20-21,23,25H2,1-3H3/t26-,31?,36+,37-,40+/m1/s1. The Morgan fingerprint density at radius 1 is 0.962 bits per heavy atom. The summed E-state index contributed by atoms with van der Waals surface area (Å²) in [4.78, 5) is 42.2. The molecular weight excluding hydrogens is 673 g/mol.